The van der Waals surface area contributed by atoms with Crippen molar-refractivity contribution in [3.8, 4) is 11.3 Å². The molecule has 0 aliphatic heterocycles. The fourth-order valence-corrected chi connectivity index (χ4v) is 5.03. The van der Waals surface area contributed by atoms with Crippen LogP contribution in [0.15, 0.2) is 24.3 Å². The molecule has 1 aromatic heterocycles. The molecule has 1 atom stereocenters. The predicted octanol–water partition coefficient (Wildman–Crippen LogP) is 4.20. The van der Waals surface area contributed by atoms with E-state index < -0.39 is 0 Å². The molecule has 1 saturated carbocycles. The zero-order chi connectivity index (χ0) is 13.7. The van der Waals surface area contributed by atoms with Crippen molar-refractivity contribution in [3.63, 3.8) is 0 Å². The first-order valence-electron chi connectivity index (χ1n) is 7.56. The van der Waals surface area contributed by atoms with Crippen LogP contribution in [0.5, 0.6) is 0 Å². The number of thiazole rings is 1. The van der Waals surface area contributed by atoms with Crippen LogP contribution in [0.25, 0.3) is 11.3 Å². The van der Waals surface area contributed by atoms with Gasteiger partial charge in [0, 0.05) is 10.4 Å². The Balaban J connectivity index is 1.84. The number of benzene rings is 1. The van der Waals surface area contributed by atoms with Gasteiger partial charge in [-0.2, -0.15) is 0 Å². The van der Waals surface area contributed by atoms with Crippen LogP contribution >= 0.6 is 11.3 Å². The Hall–Kier alpha value is -1.19. The average Bonchev–Trinajstić information content (AvgIpc) is 3.06. The van der Waals surface area contributed by atoms with Crippen LogP contribution in [-0.2, 0) is 12.0 Å². The molecular weight excluding hydrogens is 264 g/mol. The van der Waals surface area contributed by atoms with E-state index in [1.54, 1.807) is 0 Å². The van der Waals surface area contributed by atoms with Gasteiger partial charge in [-0.05, 0) is 30.7 Å². The lowest BCUT2D eigenvalue weighted by Crippen LogP contribution is -2.32. The summed E-state index contributed by atoms with van der Waals surface area (Å²) in [5.41, 5.74) is 10.4. The second-order valence-corrected chi connectivity index (χ2v) is 7.43. The molecule has 3 heteroatoms. The summed E-state index contributed by atoms with van der Waals surface area (Å²) < 4.78 is 0. The van der Waals surface area contributed by atoms with Crippen LogP contribution in [-0.4, -0.2) is 4.98 Å². The highest BCUT2D eigenvalue weighted by Crippen LogP contribution is 2.45. The maximum absolute atomic E-state index is 6.59. The van der Waals surface area contributed by atoms with Crippen LogP contribution in [0.1, 0.15) is 54.0 Å². The lowest BCUT2D eigenvalue weighted by molar-refractivity contribution is 0.459. The largest absolute Gasteiger partial charge is 0.319 e. The zero-order valence-corrected chi connectivity index (χ0v) is 12.7. The number of hydrogen-bond acceptors (Lipinski definition) is 3. The molecule has 2 nitrogen and oxygen atoms in total. The Morgan fingerprint density at radius 3 is 2.80 bits per heavy atom. The van der Waals surface area contributed by atoms with Crippen LogP contribution in [0, 0.1) is 0 Å². The summed E-state index contributed by atoms with van der Waals surface area (Å²) in [4.78, 5) is 6.41. The van der Waals surface area contributed by atoms with Gasteiger partial charge in [0.05, 0.1) is 11.2 Å². The molecule has 0 radical (unpaired) electrons. The standard InChI is InChI=1S/C17H20N2S/c1-11-10-14-15(13-7-3-2-6-12(11)13)19-16(20-14)17(18)8-4-5-9-17/h2-3,6-7,11H,4-5,8-10,18H2,1H3. The Kier molecular flexibility index (Phi) is 2.76. The lowest BCUT2D eigenvalue weighted by Gasteiger charge is -2.21. The summed E-state index contributed by atoms with van der Waals surface area (Å²) in [6.45, 7) is 2.31. The van der Waals surface area contributed by atoms with E-state index in [2.05, 4.69) is 31.2 Å². The summed E-state index contributed by atoms with van der Waals surface area (Å²) in [5.74, 6) is 0.587. The van der Waals surface area contributed by atoms with Crippen LogP contribution < -0.4 is 5.73 Å². The number of hydrogen-bond donors (Lipinski definition) is 1. The first-order chi connectivity index (χ1) is 9.67. The van der Waals surface area contributed by atoms with E-state index in [1.807, 2.05) is 11.3 Å². The number of nitrogens with two attached hydrogens (primary N) is 1. The number of nitrogens with zero attached hydrogens (tertiary/aromatic N) is 1. The topological polar surface area (TPSA) is 38.9 Å². The Bertz CT molecular complexity index is 653. The zero-order valence-electron chi connectivity index (χ0n) is 11.9. The third kappa shape index (κ3) is 1.76. The first-order valence-corrected chi connectivity index (χ1v) is 8.37. The molecule has 104 valence electrons. The summed E-state index contributed by atoms with van der Waals surface area (Å²) in [7, 11) is 0. The quantitative estimate of drug-likeness (QED) is 0.852. The van der Waals surface area contributed by atoms with E-state index in [4.69, 9.17) is 10.7 Å². The molecule has 2 N–H and O–H groups in total. The minimum Gasteiger partial charge on any atom is -0.319 e. The van der Waals surface area contributed by atoms with E-state index in [-0.39, 0.29) is 5.54 Å². The van der Waals surface area contributed by atoms with Crippen molar-refractivity contribution in [1.82, 2.24) is 4.98 Å². The van der Waals surface area contributed by atoms with Gasteiger partial charge < -0.3 is 5.73 Å². The lowest BCUT2D eigenvalue weighted by atomic mass is 9.85. The summed E-state index contributed by atoms with van der Waals surface area (Å²) in [6, 6.07) is 8.71. The van der Waals surface area contributed by atoms with E-state index >= 15 is 0 Å². The van der Waals surface area contributed by atoms with Crippen LogP contribution in [0.3, 0.4) is 0 Å². The van der Waals surface area contributed by atoms with Gasteiger partial charge in [-0.3, -0.25) is 0 Å². The van der Waals surface area contributed by atoms with E-state index in [0.717, 1.165) is 19.3 Å². The van der Waals surface area contributed by atoms with E-state index in [1.165, 1.54) is 39.5 Å². The summed E-state index contributed by atoms with van der Waals surface area (Å²) in [5, 5.41) is 1.17. The predicted molar refractivity (Wildman–Crippen MR) is 84.0 cm³/mol. The first kappa shape index (κ1) is 12.5. The third-order valence-electron chi connectivity index (χ3n) is 4.86. The molecule has 0 spiro atoms. The van der Waals surface area contributed by atoms with Crippen molar-refractivity contribution >= 4 is 11.3 Å². The Morgan fingerprint density at radius 1 is 1.25 bits per heavy atom. The fraction of sp³-hybridized carbons (Fsp3) is 0.471. The minimum absolute atomic E-state index is 0.153. The molecule has 2 aliphatic carbocycles. The molecule has 1 aromatic carbocycles. The van der Waals surface area contributed by atoms with Crippen LogP contribution in [0.4, 0.5) is 0 Å². The molecule has 4 rings (SSSR count). The maximum atomic E-state index is 6.59. The molecule has 0 amide bonds. The normalized spacial score (nSPS) is 23.4. The average molecular weight is 284 g/mol. The number of aromatic nitrogens is 1. The van der Waals surface area contributed by atoms with Gasteiger partial charge in [-0.25, -0.2) is 4.98 Å². The van der Waals surface area contributed by atoms with Gasteiger partial charge in [-0.15, -0.1) is 11.3 Å². The van der Waals surface area contributed by atoms with Crippen LogP contribution in [0.2, 0.25) is 0 Å². The molecule has 0 saturated heterocycles. The molecule has 2 aliphatic rings. The molecule has 20 heavy (non-hydrogen) atoms. The number of rotatable bonds is 1. The number of fused-ring (bicyclic) bond motifs is 3. The van der Waals surface area contributed by atoms with Crippen molar-refractivity contribution < 1.29 is 0 Å². The highest BCUT2D eigenvalue weighted by Gasteiger charge is 2.36. The molecule has 1 heterocycles. The third-order valence-corrected chi connectivity index (χ3v) is 6.16. The van der Waals surface area contributed by atoms with E-state index in [9.17, 15) is 0 Å². The van der Waals surface area contributed by atoms with Gasteiger partial charge in [0.2, 0.25) is 0 Å². The molecule has 2 aromatic rings. The van der Waals surface area contributed by atoms with Gasteiger partial charge in [0.15, 0.2) is 0 Å². The van der Waals surface area contributed by atoms with Crippen molar-refractivity contribution in [3.05, 3.63) is 39.7 Å². The van der Waals surface area contributed by atoms with Gasteiger partial charge in [-0.1, -0.05) is 44.0 Å². The van der Waals surface area contributed by atoms with Crippen molar-refractivity contribution in [2.24, 2.45) is 5.73 Å². The highest BCUT2D eigenvalue weighted by atomic mass is 32.1. The van der Waals surface area contributed by atoms with E-state index in [0.29, 0.717) is 5.92 Å². The molecule has 1 fully saturated rings. The van der Waals surface area contributed by atoms with Crippen molar-refractivity contribution in [2.45, 2.75) is 50.5 Å². The SMILES string of the molecule is CC1Cc2sc(C3(N)CCCC3)nc2-c2ccccc21. The summed E-state index contributed by atoms with van der Waals surface area (Å²) in [6.07, 6.45) is 5.79. The van der Waals surface area contributed by atoms with Crippen molar-refractivity contribution in [1.29, 1.82) is 0 Å². The molecule has 0 bridgehead atoms. The molecule has 1 unspecified atom stereocenters. The summed E-state index contributed by atoms with van der Waals surface area (Å²) >= 11 is 1.86. The van der Waals surface area contributed by atoms with Crippen molar-refractivity contribution in [2.75, 3.05) is 0 Å². The van der Waals surface area contributed by atoms with Gasteiger partial charge in [0.1, 0.15) is 5.01 Å². The monoisotopic (exact) mass is 284 g/mol. The minimum atomic E-state index is -0.153. The van der Waals surface area contributed by atoms with Gasteiger partial charge in [0.25, 0.3) is 0 Å². The fourth-order valence-electron chi connectivity index (χ4n) is 3.66. The maximum Gasteiger partial charge on any atom is 0.113 e. The second kappa shape index (κ2) is 4.40. The second-order valence-electron chi connectivity index (χ2n) is 6.35. The highest BCUT2D eigenvalue weighted by molar-refractivity contribution is 7.12. The Morgan fingerprint density at radius 2 is 2.00 bits per heavy atom. The Labute approximate surface area is 124 Å². The molecular formula is C17H20N2S. The van der Waals surface area contributed by atoms with Gasteiger partial charge >= 0.3 is 0 Å². The smallest absolute Gasteiger partial charge is 0.113 e.